The van der Waals surface area contributed by atoms with Gasteiger partial charge in [-0.05, 0) is 11.6 Å². The molecule has 90 valence electrons. The van der Waals surface area contributed by atoms with E-state index in [2.05, 4.69) is 5.10 Å². The topological polar surface area (TPSA) is 34.9 Å². The molecular formula is C7H4ClF5N2O. The fraction of sp³-hybridized carbons (Fsp3) is 0.429. The molecule has 0 bridgehead atoms. The summed E-state index contributed by atoms with van der Waals surface area (Å²) in [6.45, 7) is 0. The summed E-state index contributed by atoms with van der Waals surface area (Å²) in [5.74, 6) is 0. The number of aromatic nitrogens is 2. The number of carbonyl (C=O) groups is 1. The number of rotatable bonds is 2. The van der Waals surface area contributed by atoms with E-state index in [4.69, 9.17) is 11.6 Å². The fourth-order valence-electron chi connectivity index (χ4n) is 1.22. The van der Waals surface area contributed by atoms with Crippen LogP contribution in [-0.2, 0) is 13.2 Å². The van der Waals surface area contributed by atoms with Crippen LogP contribution in [0.4, 0.5) is 22.0 Å². The number of halogens is 6. The number of carbonyl (C=O) groups excluding carboxylic acids is 1. The van der Waals surface area contributed by atoms with Gasteiger partial charge in [0.25, 0.3) is 11.7 Å². The van der Waals surface area contributed by atoms with Crippen LogP contribution < -0.4 is 0 Å². The molecule has 0 N–H and O–H groups in total. The van der Waals surface area contributed by atoms with Gasteiger partial charge in [0, 0.05) is 7.05 Å². The van der Waals surface area contributed by atoms with E-state index in [1.165, 1.54) is 0 Å². The van der Waals surface area contributed by atoms with Crippen LogP contribution in [0.25, 0.3) is 0 Å². The summed E-state index contributed by atoms with van der Waals surface area (Å²) in [5, 5.41) is 1.32. The highest BCUT2D eigenvalue weighted by Gasteiger charge is 2.42. The summed E-state index contributed by atoms with van der Waals surface area (Å²) in [6.07, 6.45) is -8.28. The van der Waals surface area contributed by atoms with Crippen molar-refractivity contribution in [1.29, 1.82) is 0 Å². The van der Waals surface area contributed by atoms with Crippen molar-refractivity contribution in [2.45, 2.75) is 12.6 Å². The molecule has 0 saturated carbocycles. The monoisotopic (exact) mass is 262 g/mol. The number of hydrogen-bond acceptors (Lipinski definition) is 2. The van der Waals surface area contributed by atoms with Crippen molar-refractivity contribution in [3.05, 3.63) is 17.0 Å². The zero-order chi connectivity index (χ0) is 12.7. The number of hydrogen-bond donors (Lipinski definition) is 0. The van der Waals surface area contributed by atoms with Gasteiger partial charge < -0.3 is 0 Å². The standard InChI is InChI=1S/C7H4ClF5N2O/c1-15-4(7(11,12)13)2(5(8)16)3(14-15)6(9)10/h6H,1H3. The molecule has 1 aromatic rings. The average molecular weight is 263 g/mol. The molecule has 1 heterocycles. The molecule has 0 aromatic carbocycles. The Labute approximate surface area is 90.8 Å². The fourth-order valence-corrected chi connectivity index (χ4v) is 1.40. The molecule has 0 radical (unpaired) electrons. The van der Waals surface area contributed by atoms with Gasteiger partial charge in [-0.15, -0.1) is 0 Å². The molecule has 0 atom stereocenters. The lowest BCUT2D eigenvalue weighted by Crippen LogP contribution is -2.15. The van der Waals surface area contributed by atoms with Crippen LogP contribution in [0.3, 0.4) is 0 Å². The second-order valence-electron chi connectivity index (χ2n) is 2.80. The van der Waals surface area contributed by atoms with E-state index >= 15 is 0 Å². The largest absolute Gasteiger partial charge is 0.433 e. The molecule has 0 amide bonds. The summed E-state index contributed by atoms with van der Waals surface area (Å²) in [4.78, 5) is 10.7. The SMILES string of the molecule is Cn1nc(C(F)F)c(C(=O)Cl)c1C(F)(F)F. The summed E-state index contributed by atoms with van der Waals surface area (Å²) >= 11 is 4.85. The van der Waals surface area contributed by atoms with Gasteiger partial charge >= 0.3 is 6.18 Å². The molecule has 1 rings (SSSR count). The first-order chi connectivity index (χ1) is 7.16. The summed E-state index contributed by atoms with van der Waals surface area (Å²) in [5.41, 5.74) is -4.15. The number of aryl methyl sites for hydroxylation is 1. The molecule has 0 aliphatic carbocycles. The molecule has 0 fully saturated rings. The van der Waals surface area contributed by atoms with E-state index in [1.54, 1.807) is 0 Å². The van der Waals surface area contributed by atoms with Crippen molar-refractivity contribution in [1.82, 2.24) is 9.78 Å². The van der Waals surface area contributed by atoms with Gasteiger partial charge in [0.15, 0.2) is 5.69 Å². The van der Waals surface area contributed by atoms with E-state index < -0.39 is 34.8 Å². The van der Waals surface area contributed by atoms with E-state index in [1.807, 2.05) is 0 Å². The smallest absolute Gasteiger partial charge is 0.275 e. The summed E-state index contributed by atoms with van der Waals surface area (Å²) in [6, 6.07) is 0. The zero-order valence-electron chi connectivity index (χ0n) is 7.65. The van der Waals surface area contributed by atoms with Gasteiger partial charge in [0.2, 0.25) is 0 Å². The highest BCUT2D eigenvalue weighted by atomic mass is 35.5. The van der Waals surface area contributed by atoms with Crippen LogP contribution in [0.2, 0.25) is 0 Å². The lowest BCUT2D eigenvalue weighted by Gasteiger charge is -2.07. The van der Waals surface area contributed by atoms with Crippen molar-refractivity contribution in [2.75, 3.05) is 0 Å². The van der Waals surface area contributed by atoms with Crippen LogP contribution in [0.5, 0.6) is 0 Å². The first-order valence-corrected chi connectivity index (χ1v) is 4.16. The van der Waals surface area contributed by atoms with Gasteiger partial charge in [-0.2, -0.15) is 18.3 Å². The Morgan fingerprint density at radius 1 is 1.44 bits per heavy atom. The molecule has 16 heavy (non-hydrogen) atoms. The van der Waals surface area contributed by atoms with Gasteiger partial charge in [0.05, 0.1) is 5.56 Å². The predicted molar refractivity (Wildman–Crippen MR) is 43.4 cm³/mol. The van der Waals surface area contributed by atoms with Crippen molar-refractivity contribution in [3.63, 3.8) is 0 Å². The van der Waals surface area contributed by atoms with Crippen molar-refractivity contribution >= 4 is 16.8 Å². The Morgan fingerprint density at radius 3 is 2.25 bits per heavy atom. The van der Waals surface area contributed by atoms with Crippen molar-refractivity contribution in [2.24, 2.45) is 7.05 Å². The molecule has 0 unspecified atom stereocenters. The second kappa shape index (κ2) is 4.00. The maximum Gasteiger partial charge on any atom is 0.433 e. The summed E-state index contributed by atoms with van der Waals surface area (Å²) in [7, 11) is 0.804. The maximum atomic E-state index is 12.4. The normalized spacial score (nSPS) is 12.2. The third-order valence-corrected chi connectivity index (χ3v) is 1.94. The average Bonchev–Trinajstić information content (AvgIpc) is 2.41. The minimum Gasteiger partial charge on any atom is -0.275 e. The second-order valence-corrected chi connectivity index (χ2v) is 3.15. The molecule has 0 aliphatic heterocycles. The van der Waals surface area contributed by atoms with Crippen LogP contribution in [0.15, 0.2) is 0 Å². The Kier molecular flexibility index (Phi) is 3.22. The third kappa shape index (κ3) is 2.16. The molecule has 3 nitrogen and oxygen atoms in total. The lowest BCUT2D eigenvalue weighted by atomic mass is 10.2. The molecule has 0 aliphatic rings. The number of nitrogens with zero attached hydrogens (tertiary/aromatic N) is 2. The van der Waals surface area contributed by atoms with Gasteiger partial charge in [-0.3, -0.25) is 9.48 Å². The Bertz CT molecular complexity index is 425. The van der Waals surface area contributed by atoms with E-state index in [0.717, 1.165) is 7.05 Å². The quantitative estimate of drug-likeness (QED) is 0.607. The minimum absolute atomic E-state index is 0.164. The highest BCUT2D eigenvalue weighted by Crippen LogP contribution is 2.36. The highest BCUT2D eigenvalue weighted by molar-refractivity contribution is 6.68. The minimum atomic E-state index is -4.98. The lowest BCUT2D eigenvalue weighted by molar-refractivity contribution is -0.143. The van der Waals surface area contributed by atoms with E-state index in [-0.39, 0.29) is 4.68 Å². The Hall–Kier alpha value is -1.18. The van der Waals surface area contributed by atoms with E-state index in [0.29, 0.717) is 0 Å². The van der Waals surface area contributed by atoms with Gasteiger partial charge in [-0.1, -0.05) is 0 Å². The van der Waals surface area contributed by atoms with Crippen LogP contribution in [0.1, 0.15) is 28.2 Å². The van der Waals surface area contributed by atoms with Crippen molar-refractivity contribution < 1.29 is 26.7 Å². The molecule has 0 saturated heterocycles. The predicted octanol–water partition coefficient (Wildman–Crippen LogP) is 2.76. The summed E-state index contributed by atoms with van der Waals surface area (Å²) < 4.78 is 62.1. The van der Waals surface area contributed by atoms with Crippen LogP contribution in [-0.4, -0.2) is 15.0 Å². The van der Waals surface area contributed by atoms with Gasteiger partial charge in [0.1, 0.15) is 5.69 Å². The zero-order valence-corrected chi connectivity index (χ0v) is 8.40. The first kappa shape index (κ1) is 12.9. The van der Waals surface area contributed by atoms with E-state index in [9.17, 15) is 26.7 Å². The number of alkyl halides is 5. The molecule has 1 aromatic heterocycles. The maximum absolute atomic E-state index is 12.4. The third-order valence-electron chi connectivity index (χ3n) is 1.75. The Balaban J connectivity index is 3.55. The van der Waals surface area contributed by atoms with Gasteiger partial charge in [-0.25, -0.2) is 8.78 Å². The molecule has 9 heteroatoms. The Morgan fingerprint density at radius 2 is 1.94 bits per heavy atom. The molecule has 0 spiro atoms. The molecular weight excluding hydrogens is 259 g/mol. The van der Waals surface area contributed by atoms with Crippen LogP contribution >= 0.6 is 11.6 Å². The van der Waals surface area contributed by atoms with Crippen molar-refractivity contribution in [3.8, 4) is 0 Å². The first-order valence-electron chi connectivity index (χ1n) is 3.78. The van der Waals surface area contributed by atoms with Crippen LogP contribution in [0, 0.1) is 0 Å².